The van der Waals surface area contributed by atoms with E-state index in [0.29, 0.717) is 27.4 Å². The summed E-state index contributed by atoms with van der Waals surface area (Å²) in [5, 5.41) is 9.23. The first-order chi connectivity index (χ1) is 16.0. The topological polar surface area (TPSA) is 85.4 Å². The van der Waals surface area contributed by atoms with Crippen molar-refractivity contribution in [1.29, 1.82) is 0 Å². The molecule has 0 unspecified atom stereocenters. The number of urea groups is 1. The van der Waals surface area contributed by atoms with Gasteiger partial charge in [0.15, 0.2) is 0 Å². The van der Waals surface area contributed by atoms with E-state index in [2.05, 4.69) is 54.9 Å². The van der Waals surface area contributed by atoms with Crippen LogP contribution in [0, 0.1) is 0 Å². The predicted octanol–water partition coefficient (Wildman–Crippen LogP) is 4.92. The van der Waals surface area contributed by atoms with Gasteiger partial charge >= 0.3 is 6.03 Å². The Morgan fingerprint density at radius 1 is 0.939 bits per heavy atom. The molecule has 1 aliphatic rings. The molecule has 1 aliphatic heterocycles. The zero-order valence-corrected chi connectivity index (χ0v) is 19.7. The summed E-state index contributed by atoms with van der Waals surface area (Å²) in [6.45, 7) is 5.33. The van der Waals surface area contributed by atoms with Gasteiger partial charge in [-0.25, -0.2) is 14.8 Å². The molecule has 0 bridgehead atoms. The molecule has 0 radical (unpaired) electrons. The number of nitrogens with one attached hydrogen (secondary N) is 3. The summed E-state index contributed by atoms with van der Waals surface area (Å²) in [6.07, 6.45) is 1.38. The van der Waals surface area contributed by atoms with Gasteiger partial charge in [0.2, 0.25) is 0 Å². The normalized spacial score (nSPS) is 14.6. The van der Waals surface area contributed by atoms with E-state index in [1.807, 2.05) is 12.1 Å². The molecule has 2 amide bonds. The number of amides is 2. The molecule has 1 fully saturated rings. The van der Waals surface area contributed by atoms with Crippen molar-refractivity contribution in [3.8, 4) is 0 Å². The van der Waals surface area contributed by atoms with Crippen LogP contribution in [-0.2, 0) is 6.54 Å². The lowest BCUT2D eigenvalue weighted by Gasteiger charge is -2.32. The predicted molar refractivity (Wildman–Crippen MR) is 134 cm³/mol. The first kappa shape index (κ1) is 23.3. The molecule has 4 rings (SSSR count). The van der Waals surface area contributed by atoms with Gasteiger partial charge in [-0.15, -0.1) is 0 Å². The van der Waals surface area contributed by atoms with E-state index in [-0.39, 0.29) is 0 Å². The van der Waals surface area contributed by atoms with Crippen molar-refractivity contribution in [2.75, 3.05) is 49.2 Å². The minimum absolute atomic E-state index is 0.333. The van der Waals surface area contributed by atoms with Crippen molar-refractivity contribution >= 4 is 52.2 Å². The average Bonchev–Trinajstić information content (AvgIpc) is 2.79. The van der Waals surface area contributed by atoms with Crippen LogP contribution < -0.4 is 16.0 Å². The molecule has 3 aromatic rings. The third-order valence-corrected chi connectivity index (χ3v) is 5.97. The number of aromatic nitrogens is 2. The average molecular weight is 486 g/mol. The fourth-order valence-corrected chi connectivity index (χ4v) is 3.97. The van der Waals surface area contributed by atoms with Gasteiger partial charge in [0.25, 0.3) is 0 Å². The number of anilines is 4. The lowest BCUT2D eigenvalue weighted by atomic mass is 10.2. The SMILES string of the molecule is CN1CCN(Cc2ccc(Nc3cc(NC(=O)Nc4c(Cl)cccc4Cl)ncn3)cc2)CC1. The number of hydrogen-bond acceptors (Lipinski definition) is 6. The molecule has 0 aliphatic carbocycles. The Morgan fingerprint density at radius 3 is 2.30 bits per heavy atom. The molecule has 33 heavy (non-hydrogen) atoms. The summed E-state index contributed by atoms with van der Waals surface area (Å²) in [4.78, 5) is 25.5. The van der Waals surface area contributed by atoms with Gasteiger partial charge in [0.1, 0.15) is 18.0 Å². The first-order valence-corrected chi connectivity index (χ1v) is 11.3. The molecule has 0 atom stereocenters. The van der Waals surface area contributed by atoms with Crippen molar-refractivity contribution < 1.29 is 4.79 Å². The molecule has 1 saturated heterocycles. The van der Waals surface area contributed by atoms with Gasteiger partial charge < -0.3 is 15.5 Å². The number of para-hydroxylation sites is 1. The Labute approximate surface area is 202 Å². The van der Waals surface area contributed by atoms with Crippen LogP contribution in [-0.4, -0.2) is 59.0 Å². The summed E-state index contributed by atoms with van der Waals surface area (Å²) in [7, 11) is 2.16. The van der Waals surface area contributed by atoms with Crippen LogP contribution >= 0.6 is 23.2 Å². The van der Waals surface area contributed by atoms with Gasteiger partial charge in [-0.1, -0.05) is 41.4 Å². The van der Waals surface area contributed by atoms with Gasteiger partial charge in [-0.05, 0) is 36.9 Å². The van der Waals surface area contributed by atoms with E-state index in [4.69, 9.17) is 23.2 Å². The van der Waals surface area contributed by atoms with Crippen molar-refractivity contribution in [3.63, 3.8) is 0 Å². The van der Waals surface area contributed by atoms with Crippen molar-refractivity contribution in [2.45, 2.75) is 6.54 Å². The molecular weight excluding hydrogens is 461 g/mol. The zero-order valence-electron chi connectivity index (χ0n) is 18.2. The molecule has 0 spiro atoms. The molecule has 3 N–H and O–H groups in total. The highest BCUT2D eigenvalue weighted by Crippen LogP contribution is 2.29. The molecule has 172 valence electrons. The van der Waals surface area contributed by atoms with Gasteiger partial charge in [0, 0.05) is 44.5 Å². The maximum atomic E-state index is 12.3. The second-order valence-electron chi connectivity index (χ2n) is 7.87. The van der Waals surface area contributed by atoms with Crippen LogP contribution in [0.15, 0.2) is 54.9 Å². The van der Waals surface area contributed by atoms with Crippen molar-refractivity contribution in [2.24, 2.45) is 0 Å². The highest BCUT2D eigenvalue weighted by Gasteiger charge is 2.14. The number of nitrogens with zero attached hydrogens (tertiary/aromatic N) is 4. The van der Waals surface area contributed by atoms with E-state index in [1.54, 1.807) is 24.3 Å². The fraction of sp³-hybridized carbons (Fsp3) is 0.261. The number of benzene rings is 2. The van der Waals surface area contributed by atoms with Crippen molar-refractivity contribution in [3.05, 3.63) is 70.5 Å². The monoisotopic (exact) mass is 485 g/mol. The Balaban J connectivity index is 1.33. The number of rotatable bonds is 6. The van der Waals surface area contributed by atoms with Gasteiger partial charge in [-0.2, -0.15) is 0 Å². The van der Waals surface area contributed by atoms with E-state index >= 15 is 0 Å². The van der Waals surface area contributed by atoms with Crippen LogP contribution in [0.3, 0.4) is 0 Å². The van der Waals surface area contributed by atoms with Gasteiger partial charge in [0.05, 0.1) is 15.7 Å². The zero-order chi connectivity index (χ0) is 23.2. The summed E-state index contributed by atoms with van der Waals surface area (Å²) in [5.41, 5.74) is 2.50. The van der Waals surface area contributed by atoms with Crippen molar-refractivity contribution in [1.82, 2.24) is 19.8 Å². The van der Waals surface area contributed by atoms with Crippen LogP contribution in [0.2, 0.25) is 10.0 Å². The summed E-state index contributed by atoms with van der Waals surface area (Å²) in [6, 6.07) is 14.4. The second kappa shape index (κ2) is 10.8. The number of carbonyl (C=O) groups excluding carboxylic acids is 1. The molecule has 0 saturated carbocycles. The molecular formula is C23H25Cl2N7O. The molecule has 2 aromatic carbocycles. The van der Waals surface area contributed by atoms with Gasteiger partial charge in [-0.3, -0.25) is 10.2 Å². The summed E-state index contributed by atoms with van der Waals surface area (Å²) >= 11 is 12.2. The summed E-state index contributed by atoms with van der Waals surface area (Å²) in [5.74, 6) is 0.891. The van der Waals surface area contributed by atoms with E-state index in [1.165, 1.54) is 11.9 Å². The standard InChI is InChI=1S/C23H25Cl2N7O/c1-31-9-11-32(12-10-31)14-16-5-7-17(8-6-16)28-20-13-21(27-15-26-20)29-23(33)30-22-18(24)3-2-4-19(22)25/h2-8,13,15H,9-12,14H2,1H3,(H3,26,27,28,29,30,33). The third-order valence-electron chi connectivity index (χ3n) is 5.34. The van der Waals surface area contributed by atoms with E-state index in [0.717, 1.165) is 38.4 Å². The lowest BCUT2D eigenvalue weighted by molar-refractivity contribution is 0.148. The molecule has 2 heterocycles. The largest absolute Gasteiger partial charge is 0.340 e. The number of halogens is 2. The Kier molecular flexibility index (Phi) is 7.61. The van der Waals surface area contributed by atoms with Crippen LogP contribution in [0.4, 0.5) is 27.8 Å². The highest BCUT2D eigenvalue weighted by atomic mass is 35.5. The molecule has 1 aromatic heterocycles. The second-order valence-corrected chi connectivity index (χ2v) is 8.68. The smallest absolute Gasteiger partial charge is 0.324 e. The highest BCUT2D eigenvalue weighted by molar-refractivity contribution is 6.39. The Hall–Kier alpha value is -2.91. The Morgan fingerprint density at radius 2 is 1.61 bits per heavy atom. The quantitative estimate of drug-likeness (QED) is 0.459. The lowest BCUT2D eigenvalue weighted by Crippen LogP contribution is -2.43. The maximum absolute atomic E-state index is 12.3. The summed E-state index contributed by atoms with van der Waals surface area (Å²) < 4.78 is 0. The number of likely N-dealkylation sites (N-methyl/N-ethyl adjacent to an activating group) is 1. The third kappa shape index (κ3) is 6.55. The van der Waals surface area contributed by atoms with Crippen LogP contribution in [0.5, 0.6) is 0 Å². The molecule has 10 heteroatoms. The van der Waals surface area contributed by atoms with Crippen LogP contribution in [0.1, 0.15) is 5.56 Å². The Bertz CT molecular complexity index is 1080. The fourth-order valence-electron chi connectivity index (χ4n) is 3.48. The molecule has 8 nitrogen and oxygen atoms in total. The number of hydrogen-bond donors (Lipinski definition) is 3. The van der Waals surface area contributed by atoms with E-state index < -0.39 is 6.03 Å². The number of piperazine rings is 1. The minimum atomic E-state index is -0.511. The minimum Gasteiger partial charge on any atom is -0.340 e. The first-order valence-electron chi connectivity index (χ1n) is 10.6. The van der Waals surface area contributed by atoms with Crippen LogP contribution in [0.25, 0.3) is 0 Å². The maximum Gasteiger partial charge on any atom is 0.324 e. The van der Waals surface area contributed by atoms with E-state index in [9.17, 15) is 4.79 Å². The number of carbonyl (C=O) groups is 1.